The van der Waals surface area contributed by atoms with Crippen LogP contribution < -0.4 is 5.43 Å². The number of nitrogens with zero attached hydrogens (tertiary/aromatic N) is 1. The van der Waals surface area contributed by atoms with Gasteiger partial charge in [0.25, 0.3) is 0 Å². The van der Waals surface area contributed by atoms with Crippen LogP contribution in [0.1, 0.15) is 38.5 Å². The van der Waals surface area contributed by atoms with Gasteiger partial charge in [-0.15, -0.1) is 0 Å². The standard InChI is InChI=1S/C9H16N2/c1-2-4-8-6-7-10-11-9(8)5-3-1/h8,10H,1-7H2. The largest absolute Gasteiger partial charge is 0.310 e. The summed E-state index contributed by atoms with van der Waals surface area (Å²) < 4.78 is 0. The topological polar surface area (TPSA) is 24.4 Å². The fourth-order valence-electron chi connectivity index (χ4n) is 2.10. The normalized spacial score (nSPS) is 31.3. The number of rotatable bonds is 0. The number of fused-ring (bicyclic) bond motifs is 1. The van der Waals surface area contributed by atoms with Crippen LogP contribution in [0.2, 0.25) is 0 Å². The third-order valence-electron chi connectivity index (χ3n) is 2.78. The van der Waals surface area contributed by atoms with Crippen LogP contribution in [0.25, 0.3) is 0 Å². The van der Waals surface area contributed by atoms with E-state index in [9.17, 15) is 0 Å². The predicted octanol–water partition coefficient (Wildman–Crippen LogP) is 1.92. The average molecular weight is 152 g/mol. The fraction of sp³-hybridized carbons (Fsp3) is 0.889. The van der Waals surface area contributed by atoms with Crippen LogP contribution >= 0.6 is 0 Å². The molecule has 0 amide bonds. The Kier molecular flexibility index (Phi) is 2.11. The summed E-state index contributed by atoms with van der Waals surface area (Å²) in [6.07, 6.45) is 8.15. The number of nitrogens with one attached hydrogen (secondary N) is 1. The van der Waals surface area contributed by atoms with Crippen molar-refractivity contribution in [2.75, 3.05) is 6.54 Å². The molecule has 62 valence electrons. The van der Waals surface area contributed by atoms with E-state index in [1.807, 2.05) is 0 Å². The minimum absolute atomic E-state index is 0.832. The molecular weight excluding hydrogens is 136 g/mol. The highest BCUT2D eigenvalue weighted by Crippen LogP contribution is 2.24. The van der Waals surface area contributed by atoms with E-state index < -0.39 is 0 Å². The van der Waals surface area contributed by atoms with Crippen molar-refractivity contribution in [3.8, 4) is 0 Å². The molecular formula is C9H16N2. The third kappa shape index (κ3) is 1.55. The summed E-state index contributed by atoms with van der Waals surface area (Å²) in [5, 5.41) is 4.38. The van der Waals surface area contributed by atoms with Crippen LogP contribution in [0, 0.1) is 5.92 Å². The summed E-state index contributed by atoms with van der Waals surface area (Å²) >= 11 is 0. The highest BCUT2D eigenvalue weighted by molar-refractivity contribution is 5.87. The van der Waals surface area contributed by atoms with Crippen molar-refractivity contribution in [1.82, 2.24) is 5.43 Å². The second-order valence-electron chi connectivity index (χ2n) is 3.60. The van der Waals surface area contributed by atoms with Crippen LogP contribution in [0.15, 0.2) is 5.10 Å². The number of hydrazone groups is 1. The van der Waals surface area contributed by atoms with E-state index >= 15 is 0 Å². The first-order valence-electron chi connectivity index (χ1n) is 4.76. The van der Waals surface area contributed by atoms with Crippen LogP contribution in [0.3, 0.4) is 0 Å². The molecule has 1 fully saturated rings. The summed E-state index contributed by atoms with van der Waals surface area (Å²) in [6, 6.07) is 0. The second kappa shape index (κ2) is 3.24. The summed E-state index contributed by atoms with van der Waals surface area (Å²) in [6.45, 7) is 1.09. The molecule has 1 unspecified atom stereocenters. The van der Waals surface area contributed by atoms with E-state index in [4.69, 9.17) is 0 Å². The van der Waals surface area contributed by atoms with Crippen LogP contribution in [0.4, 0.5) is 0 Å². The highest BCUT2D eigenvalue weighted by atomic mass is 15.3. The van der Waals surface area contributed by atoms with Gasteiger partial charge in [0.05, 0.1) is 0 Å². The summed E-state index contributed by atoms with van der Waals surface area (Å²) in [7, 11) is 0. The molecule has 0 spiro atoms. The molecule has 1 saturated carbocycles. The number of hydrogen-bond donors (Lipinski definition) is 1. The first kappa shape index (κ1) is 7.14. The van der Waals surface area contributed by atoms with E-state index in [2.05, 4.69) is 10.5 Å². The average Bonchev–Trinajstić information content (AvgIpc) is 2.28. The quantitative estimate of drug-likeness (QED) is 0.563. The van der Waals surface area contributed by atoms with Crippen LogP contribution in [-0.2, 0) is 0 Å². The van der Waals surface area contributed by atoms with Crippen LogP contribution in [0.5, 0.6) is 0 Å². The van der Waals surface area contributed by atoms with Gasteiger partial charge in [0.1, 0.15) is 0 Å². The van der Waals surface area contributed by atoms with Gasteiger partial charge >= 0.3 is 0 Å². The molecule has 2 aliphatic rings. The van der Waals surface area contributed by atoms with E-state index in [1.165, 1.54) is 44.2 Å². The zero-order chi connectivity index (χ0) is 7.52. The van der Waals surface area contributed by atoms with E-state index in [0.717, 1.165) is 12.5 Å². The van der Waals surface area contributed by atoms with E-state index in [1.54, 1.807) is 0 Å². The fourth-order valence-corrected chi connectivity index (χ4v) is 2.10. The molecule has 0 aromatic heterocycles. The maximum Gasteiger partial charge on any atom is 0.0409 e. The molecule has 1 aliphatic carbocycles. The first-order valence-corrected chi connectivity index (χ1v) is 4.76. The maximum absolute atomic E-state index is 4.38. The van der Waals surface area contributed by atoms with E-state index in [0.29, 0.717) is 0 Å². The lowest BCUT2D eigenvalue weighted by Gasteiger charge is -2.21. The Labute approximate surface area is 68.1 Å². The van der Waals surface area contributed by atoms with Gasteiger partial charge in [-0.3, -0.25) is 0 Å². The Morgan fingerprint density at radius 1 is 1.18 bits per heavy atom. The van der Waals surface area contributed by atoms with Crippen LogP contribution in [-0.4, -0.2) is 12.3 Å². The van der Waals surface area contributed by atoms with Gasteiger partial charge in [-0.1, -0.05) is 12.8 Å². The SMILES string of the molecule is C1CCC2=NNCCC2CC1. The maximum atomic E-state index is 4.38. The molecule has 1 heterocycles. The lowest BCUT2D eigenvalue weighted by atomic mass is 9.94. The molecule has 1 N–H and O–H groups in total. The zero-order valence-electron chi connectivity index (χ0n) is 6.97. The van der Waals surface area contributed by atoms with Gasteiger partial charge in [-0.25, -0.2) is 0 Å². The Hall–Kier alpha value is -0.530. The second-order valence-corrected chi connectivity index (χ2v) is 3.60. The van der Waals surface area contributed by atoms with Gasteiger partial charge < -0.3 is 5.43 Å². The lowest BCUT2D eigenvalue weighted by Crippen LogP contribution is -2.27. The molecule has 1 atom stereocenters. The zero-order valence-corrected chi connectivity index (χ0v) is 6.97. The van der Waals surface area contributed by atoms with Crippen molar-refractivity contribution < 1.29 is 0 Å². The van der Waals surface area contributed by atoms with Gasteiger partial charge in [-0.2, -0.15) is 5.10 Å². The minimum atomic E-state index is 0.832. The molecule has 1 aliphatic heterocycles. The van der Waals surface area contributed by atoms with Crippen molar-refractivity contribution >= 4 is 5.71 Å². The summed E-state index contributed by atoms with van der Waals surface area (Å²) in [5.74, 6) is 0.832. The minimum Gasteiger partial charge on any atom is -0.310 e. The molecule has 2 nitrogen and oxygen atoms in total. The van der Waals surface area contributed by atoms with Crippen molar-refractivity contribution in [3.05, 3.63) is 0 Å². The highest BCUT2D eigenvalue weighted by Gasteiger charge is 2.20. The molecule has 0 bridgehead atoms. The van der Waals surface area contributed by atoms with Gasteiger partial charge in [0.2, 0.25) is 0 Å². The predicted molar refractivity (Wildman–Crippen MR) is 46.6 cm³/mol. The molecule has 0 aromatic carbocycles. The number of hydrogen-bond acceptors (Lipinski definition) is 2. The van der Waals surface area contributed by atoms with Crippen molar-refractivity contribution in [2.24, 2.45) is 11.0 Å². The Bertz CT molecular complexity index is 163. The smallest absolute Gasteiger partial charge is 0.0409 e. The lowest BCUT2D eigenvalue weighted by molar-refractivity contribution is 0.501. The van der Waals surface area contributed by atoms with Gasteiger partial charge in [0.15, 0.2) is 0 Å². The molecule has 11 heavy (non-hydrogen) atoms. The first-order chi connectivity index (χ1) is 5.47. The molecule has 0 saturated heterocycles. The van der Waals surface area contributed by atoms with Crippen molar-refractivity contribution in [1.29, 1.82) is 0 Å². The van der Waals surface area contributed by atoms with E-state index in [-0.39, 0.29) is 0 Å². The summed E-state index contributed by atoms with van der Waals surface area (Å²) in [5.41, 5.74) is 4.55. The molecule has 2 rings (SSSR count). The van der Waals surface area contributed by atoms with Gasteiger partial charge in [-0.05, 0) is 25.7 Å². The van der Waals surface area contributed by atoms with Gasteiger partial charge in [0, 0.05) is 18.2 Å². The van der Waals surface area contributed by atoms with Crippen molar-refractivity contribution in [3.63, 3.8) is 0 Å². The Balaban J connectivity index is 2.07. The summed E-state index contributed by atoms with van der Waals surface area (Å²) in [4.78, 5) is 0. The Morgan fingerprint density at radius 3 is 3.18 bits per heavy atom. The monoisotopic (exact) mass is 152 g/mol. The third-order valence-corrected chi connectivity index (χ3v) is 2.78. The Morgan fingerprint density at radius 2 is 2.18 bits per heavy atom. The molecule has 0 radical (unpaired) electrons. The van der Waals surface area contributed by atoms with Crippen molar-refractivity contribution in [2.45, 2.75) is 38.5 Å². The molecule has 2 heteroatoms. The molecule has 0 aromatic rings.